The minimum Gasteiger partial charge on any atom is -0.394 e. The van der Waals surface area contributed by atoms with Gasteiger partial charge in [0.1, 0.15) is 5.02 Å². The molecular formula is C11H17ClN4O2. The number of halogens is 1. The van der Waals surface area contributed by atoms with Crippen LogP contribution in [0.15, 0.2) is 11.0 Å². The molecule has 0 saturated carbocycles. The van der Waals surface area contributed by atoms with Gasteiger partial charge < -0.3 is 15.7 Å². The second kappa shape index (κ2) is 6.17. The third kappa shape index (κ3) is 3.01. The van der Waals surface area contributed by atoms with E-state index in [1.807, 2.05) is 0 Å². The van der Waals surface area contributed by atoms with Gasteiger partial charge in [-0.05, 0) is 25.9 Å². The first kappa shape index (κ1) is 13.3. The van der Waals surface area contributed by atoms with Crippen LogP contribution in [0, 0.1) is 0 Å². The molecule has 0 atom stereocenters. The van der Waals surface area contributed by atoms with Crippen molar-refractivity contribution in [3.8, 4) is 0 Å². The lowest BCUT2D eigenvalue weighted by atomic mass is 10.1. The van der Waals surface area contributed by atoms with Crippen molar-refractivity contribution in [2.45, 2.75) is 25.4 Å². The molecule has 0 radical (unpaired) electrons. The van der Waals surface area contributed by atoms with Crippen LogP contribution >= 0.6 is 11.6 Å². The number of anilines is 1. The zero-order chi connectivity index (χ0) is 13.0. The number of rotatable bonds is 4. The quantitative estimate of drug-likeness (QED) is 0.722. The van der Waals surface area contributed by atoms with E-state index in [0.717, 1.165) is 30.6 Å². The highest BCUT2D eigenvalue weighted by Crippen LogP contribution is 2.18. The third-order valence-electron chi connectivity index (χ3n) is 3.00. The van der Waals surface area contributed by atoms with E-state index in [9.17, 15) is 4.79 Å². The van der Waals surface area contributed by atoms with Gasteiger partial charge in [0.05, 0.1) is 25.0 Å². The summed E-state index contributed by atoms with van der Waals surface area (Å²) in [5.41, 5.74) is 0.201. The van der Waals surface area contributed by atoms with Gasteiger partial charge in [-0.2, -0.15) is 5.10 Å². The van der Waals surface area contributed by atoms with E-state index in [0.29, 0.717) is 11.7 Å². The molecule has 1 aromatic rings. The van der Waals surface area contributed by atoms with Crippen LogP contribution in [0.1, 0.15) is 12.8 Å². The molecule has 0 unspecified atom stereocenters. The van der Waals surface area contributed by atoms with E-state index in [4.69, 9.17) is 16.7 Å². The molecule has 0 aliphatic carbocycles. The van der Waals surface area contributed by atoms with Gasteiger partial charge >= 0.3 is 0 Å². The molecule has 1 fully saturated rings. The standard InChI is InChI=1S/C11H17ClN4O2/c12-10-9(15-8-1-3-13-4-2-8)7-14-16(5-6-17)11(10)18/h7-8,13,15,17H,1-6H2. The second-order valence-electron chi connectivity index (χ2n) is 4.29. The third-order valence-corrected chi connectivity index (χ3v) is 3.36. The molecule has 1 aliphatic rings. The lowest BCUT2D eigenvalue weighted by Crippen LogP contribution is -2.36. The van der Waals surface area contributed by atoms with Gasteiger partial charge in [0.2, 0.25) is 0 Å². The number of aliphatic hydroxyl groups excluding tert-OH is 1. The minimum atomic E-state index is -0.371. The Morgan fingerprint density at radius 1 is 1.56 bits per heavy atom. The summed E-state index contributed by atoms with van der Waals surface area (Å²) in [7, 11) is 0. The van der Waals surface area contributed by atoms with Crippen LogP contribution in [0.2, 0.25) is 5.02 Å². The highest BCUT2D eigenvalue weighted by atomic mass is 35.5. The maximum absolute atomic E-state index is 11.8. The summed E-state index contributed by atoms with van der Waals surface area (Å²) in [5.74, 6) is 0. The smallest absolute Gasteiger partial charge is 0.287 e. The van der Waals surface area contributed by atoms with Crippen LogP contribution in [0.5, 0.6) is 0 Å². The average molecular weight is 273 g/mol. The van der Waals surface area contributed by atoms with Gasteiger partial charge in [-0.15, -0.1) is 0 Å². The van der Waals surface area contributed by atoms with Gasteiger partial charge in [0.15, 0.2) is 0 Å². The summed E-state index contributed by atoms with van der Waals surface area (Å²) in [6.45, 7) is 1.95. The lowest BCUT2D eigenvalue weighted by Gasteiger charge is -2.24. The zero-order valence-corrected chi connectivity index (χ0v) is 10.8. The Balaban J connectivity index is 2.13. The molecule has 3 N–H and O–H groups in total. The Kier molecular flexibility index (Phi) is 4.57. The van der Waals surface area contributed by atoms with Crippen LogP contribution in [0.25, 0.3) is 0 Å². The summed E-state index contributed by atoms with van der Waals surface area (Å²) in [4.78, 5) is 11.8. The average Bonchev–Trinajstić information content (AvgIpc) is 2.40. The van der Waals surface area contributed by atoms with Gasteiger partial charge in [0, 0.05) is 6.04 Å². The molecule has 1 aromatic heterocycles. The van der Waals surface area contributed by atoms with Crippen molar-refractivity contribution in [1.82, 2.24) is 15.1 Å². The highest BCUT2D eigenvalue weighted by Gasteiger charge is 2.16. The molecule has 1 saturated heterocycles. The van der Waals surface area contributed by atoms with Crippen molar-refractivity contribution in [3.63, 3.8) is 0 Å². The lowest BCUT2D eigenvalue weighted by molar-refractivity contribution is 0.266. The van der Waals surface area contributed by atoms with Gasteiger partial charge in [0.25, 0.3) is 5.56 Å². The number of hydrogen-bond donors (Lipinski definition) is 3. The van der Waals surface area contributed by atoms with Crippen LogP contribution in [0.4, 0.5) is 5.69 Å². The molecule has 0 amide bonds. The number of aliphatic hydroxyl groups is 1. The molecule has 100 valence electrons. The molecule has 2 rings (SSSR count). The molecule has 0 aromatic carbocycles. The molecule has 0 bridgehead atoms. The molecule has 6 nitrogen and oxygen atoms in total. The number of nitrogens with zero attached hydrogens (tertiary/aromatic N) is 2. The first-order valence-corrected chi connectivity index (χ1v) is 6.44. The first-order chi connectivity index (χ1) is 8.72. The molecule has 2 heterocycles. The fourth-order valence-electron chi connectivity index (χ4n) is 2.01. The Morgan fingerprint density at radius 3 is 2.94 bits per heavy atom. The van der Waals surface area contributed by atoms with E-state index in [2.05, 4.69) is 15.7 Å². The summed E-state index contributed by atoms with van der Waals surface area (Å²) in [5, 5.41) is 19.4. The largest absolute Gasteiger partial charge is 0.394 e. The molecule has 18 heavy (non-hydrogen) atoms. The monoisotopic (exact) mass is 272 g/mol. The highest BCUT2D eigenvalue weighted by molar-refractivity contribution is 6.32. The Bertz CT molecular complexity index is 457. The number of aromatic nitrogens is 2. The SMILES string of the molecule is O=c1c(Cl)c(NC2CCNCC2)cnn1CCO. The van der Waals surface area contributed by atoms with E-state index in [1.54, 1.807) is 6.20 Å². The molecule has 7 heteroatoms. The molecule has 0 spiro atoms. The van der Waals surface area contributed by atoms with Crippen molar-refractivity contribution in [2.75, 3.05) is 25.0 Å². The number of hydrogen-bond acceptors (Lipinski definition) is 5. The second-order valence-corrected chi connectivity index (χ2v) is 4.67. The molecule has 1 aliphatic heterocycles. The fourth-order valence-corrected chi connectivity index (χ4v) is 2.21. The summed E-state index contributed by atoms with van der Waals surface area (Å²) in [6.07, 6.45) is 3.54. The summed E-state index contributed by atoms with van der Waals surface area (Å²) < 4.78 is 1.16. The van der Waals surface area contributed by atoms with Crippen molar-refractivity contribution < 1.29 is 5.11 Å². The fraction of sp³-hybridized carbons (Fsp3) is 0.636. The van der Waals surface area contributed by atoms with Crippen LogP contribution in [-0.2, 0) is 6.54 Å². The predicted molar refractivity (Wildman–Crippen MR) is 70.1 cm³/mol. The van der Waals surface area contributed by atoms with E-state index in [1.165, 1.54) is 0 Å². The van der Waals surface area contributed by atoms with Gasteiger partial charge in [-0.3, -0.25) is 4.79 Å². The van der Waals surface area contributed by atoms with Crippen molar-refractivity contribution >= 4 is 17.3 Å². The van der Waals surface area contributed by atoms with E-state index < -0.39 is 0 Å². The first-order valence-electron chi connectivity index (χ1n) is 6.06. The van der Waals surface area contributed by atoms with Gasteiger partial charge in [-0.1, -0.05) is 11.6 Å². The Labute approximate surface area is 110 Å². The van der Waals surface area contributed by atoms with Crippen LogP contribution < -0.4 is 16.2 Å². The Hall–Kier alpha value is -1.11. The van der Waals surface area contributed by atoms with E-state index in [-0.39, 0.29) is 23.7 Å². The summed E-state index contributed by atoms with van der Waals surface area (Å²) >= 11 is 6.02. The van der Waals surface area contributed by atoms with Crippen LogP contribution in [-0.4, -0.2) is 40.6 Å². The Morgan fingerprint density at radius 2 is 2.28 bits per heavy atom. The maximum Gasteiger partial charge on any atom is 0.287 e. The normalized spacial score (nSPS) is 16.8. The zero-order valence-electron chi connectivity index (χ0n) is 10.0. The van der Waals surface area contributed by atoms with Crippen LogP contribution in [0.3, 0.4) is 0 Å². The minimum absolute atomic E-state index is 0.135. The number of nitrogens with one attached hydrogen (secondary N) is 2. The van der Waals surface area contributed by atoms with E-state index >= 15 is 0 Å². The summed E-state index contributed by atoms with van der Waals surface area (Å²) in [6, 6.07) is 0.318. The predicted octanol–water partition coefficient (Wildman–Crippen LogP) is 0.0529. The van der Waals surface area contributed by atoms with Crippen molar-refractivity contribution in [3.05, 3.63) is 21.6 Å². The van der Waals surface area contributed by atoms with Crippen molar-refractivity contribution in [1.29, 1.82) is 0 Å². The van der Waals surface area contributed by atoms with Crippen molar-refractivity contribution in [2.24, 2.45) is 0 Å². The van der Waals surface area contributed by atoms with Gasteiger partial charge in [-0.25, -0.2) is 4.68 Å². The topological polar surface area (TPSA) is 79.2 Å². The number of piperidine rings is 1. The maximum atomic E-state index is 11.8. The molecular weight excluding hydrogens is 256 g/mol.